The Morgan fingerprint density at radius 2 is 1.55 bits per heavy atom. The van der Waals surface area contributed by atoms with Crippen LogP contribution in [-0.4, -0.2) is 16.8 Å². The number of carbonyl (C=O) groups is 2. The van der Waals surface area contributed by atoms with E-state index in [1.807, 2.05) is 0 Å². The number of benzene rings is 1. The summed E-state index contributed by atoms with van der Waals surface area (Å²) in [5.74, 6) is -3.71. The first-order valence-electron chi connectivity index (χ1n) is 5.49. The predicted octanol–water partition coefficient (Wildman–Crippen LogP) is 2.92. The summed E-state index contributed by atoms with van der Waals surface area (Å²) < 4.78 is 26.8. The molecule has 4 nitrogen and oxygen atoms in total. The van der Waals surface area contributed by atoms with Gasteiger partial charge in [0.2, 0.25) is 0 Å². The molecule has 0 spiro atoms. The van der Waals surface area contributed by atoms with Crippen molar-refractivity contribution in [3.8, 4) is 0 Å². The van der Waals surface area contributed by atoms with Gasteiger partial charge in [-0.05, 0) is 40.2 Å². The van der Waals surface area contributed by atoms with Gasteiger partial charge in [0.15, 0.2) is 11.6 Å². The Hall–Kier alpha value is -2.15. The zero-order valence-electron chi connectivity index (χ0n) is 9.73. The van der Waals surface area contributed by atoms with E-state index in [2.05, 4.69) is 20.9 Å². The van der Waals surface area contributed by atoms with Gasteiger partial charge in [0, 0.05) is 0 Å². The summed E-state index contributed by atoms with van der Waals surface area (Å²) in [5, 5.41) is 0. The summed E-state index contributed by atoms with van der Waals surface area (Å²) in [5.41, 5.74) is -0.341. The van der Waals surface area contributed by atoms with E-state index in [9.17, 15) is 18.4 Å². The van der Waals surface area contributed by atoms with Crippen molar-refractivity contribution in [1.29, 1.82) is 0 Å². The fourth-order valence-corrected chi connectivity index (χ4v) is 2.30. The van der Waals surface area contributed by atoms with Crippen molar-refractivity contribution in [2.45, 2.75) is 0 Å². The van der Waals surface area contributed by atoms with Crippen LogP contribution in [0, 0.1) is 11.6 Å². The van der Waals surface area contributed by atoms with Crippen molar-refractivity contribution in [2.75, 3.05) is 4.90 Å². The van der Waals surface area contributed by atoms with E-state index in [1.165, 1.54) is 6.07 Å². The van der Waals surface area contributed by atoms with Crippen LogP contribution in [0.1, 0.15) is 20.7 Å². The summed E-state index contributed by atoms with van der Waals surface area (Å²) in [6.45, 7) is 0. The number of imide groups is 1. The van der Waals surface area contributed by atoms with Gasteiger partial charge in [-0.1, -0.05) is 6.07 Å². The average molecular weight is 339 g/mol. The third-order valence-electron chi connectivity index (χ3n) is 2.86. The van der Waals surface area contributed by atoms with Crippen LogP contribution in [0.15, 0.2) is 34.9 Å². The zero-order valence-corrected chi connectivity index (χ0v) is 11.3. The number of anilines is 1. The molecular weight excluding hydrogens is 334 g/mol. The summed E-state index contributed by atoms with van der Waals surface area (Å²) in [6.07, 6.45) is 0. The molecular formula is C13H5BrF2N2O2. The van der Waals surface area contributed by atoms with Crippen molar-refractivity contribution < 1.29 is 18.4 Å². The van der Waals surface area contributed by atoms with Crippen molar-refractivity contribution in [3.63, 3.8) is 0 Å². The number of pyridine rings is 1. The minimum absolute atomic E-state index is 0.0893. The van der Waals surface area contributed by atoms with Crippen molar-refractivity contribution in [1.82, 2.24) is 4.98 Å². The Morgan fingerprint density at radius 1 is 1.00 bits per heavy atom. The van der Waals surface area contributed by atoms with Crippen LogP contribution in [0.3, 0.4) is 0 Å². The van der Waals surface area contributed by atoms with E-state index in [1.54, 1.807) is 12.1 Å². The molecule has 1 aliphatic heterocycles. The lowest BCUT2D eigenvalue weighted by atomic mass is 10.1. The highest BCUT2D eigenvalue weighted by atomic mass is 79.9. The normalized spacial score (nSPS) is 13.8. The average Bonchev–Trinajstić information content (AvgIpc) is 2.63. The molecule has 0 fully saturated rings. The van der Waals surface area contributed by atoms with Gasteiger partial charge in [0.1, 0.15) is 10.4 Å². The van der Waals surface area contributed by atoms with Gasteiger partial charge < -0.3 is 0 Å². The molecule has 1 aromatic heterocycles. The summed E-state index contributed by atoms with van der Waals surface area (Å²) in [6, 6.07) is 6.13. The lowest BCUT2D eigenvalue weighted by Gasteiger charge is -2.12. The molecule has 0 atom stereocenters. The molecule has 2 heterocycles. The zero-order chi connectivity index (χ0) is 14.4. The molecule has 0 N–H and O–H groups in total. The maximum absolute atomic E-state index is 13.2. The molecule has 0 saturated carbocycles. The lowest BCUT2D eigenvalue weighted by molar-refractivity contribution is 0.0925. The first-order chi connectivity index (χ1) is 9.49. The first kappa shape index (κ1) is 12.9. The molecule has 0 radical (unpaired) electrons. The SMILES string of the molecule is O=C1c2cc(F)c(F)cc2C(=O)N1c1cccc(Br)n1. The van der Waals surface area contributed by atoms with Crippen molar-refractivity contribution >= 4 is 33.6 Å². The van der Waals surface area contributed by atoms with Crippen LogP contribution in [-0.2, 0) is 0 Å². The number of rotatable bonds is 1. The van der Waals surface area contributed by atoms with Crippen LogP contribution in [0.2, 0.25) is 0 Å². The minimum Gasteiger partial charge on any atom is -0.268 e. The minimum atomic E-state index is -1.17. The van der Waals surface area contributed by atoms with Crippen molar-refractivity contribution in [3.05, 3.63) is 57.7 Å². The van der Waals surface area contributed by atoms with E-state index in [-0.39, 0.29) is 16.9 Å². The molecule has 0 saturated heterocycles. The predicted molar refractivity (Wildman–Crippen MR) is 69.4 cm³/mol. The smallest absolute Gasteiger partial charge is 0.267 e. The number of amides is 2. The van der Waals surface area contributed by atoms with E-state index in [0.717, 1.165) is 17.0 Å². The fourth-order valence-electron chi connectivity index (χ4n) is 1.96. The first-order valence-corrected chi connectivity index (χ1v) is 6.28. The summed E-state index contributed by atoms with van der Waals surface area (Å²) in [4.78, 5) is 29.1. The quantitative estimate of drug-likeness (QED) is 0.593. The Labute approximate surface area is 120 Å². The maximum atomic E-state index is 13.2. The molecule has 3 rings (SSSR count). The van der Waals surface area contributed by atoms with Crippen LogP contribution in [0.4, 0.5) is 14.6 Å². The second-order valence-electron chi connectivity index (χ2n) is 4.08. The van der Waals surface area contributed by atoms with E-state index in [4.69, 9.17) is 0 Å². The van der Waals surface area contributed by atoms with Gasteiger partial charge in [0.25, 0.3) is 11.8 Å². The van der Waals surface area contributed by atoms with Crippen LogP contribution in [0.25, 0.3) is 0 Å². The van der Waals surface area contributed by atoms with Crippen molar-refractivity contribution in [2.24, 2.45) is 0 Å². The number of hydrogen-bond donors (Lipinski definition) is 0. The Morgan fingerprint density at radius 3 is 2.05 bits per heavy atom. The van der Waals surface area contributed by atoms with Crippen LogP contribution >= 0.6 is 15.9 Å². The molecule has 0 aliphatic carbocycles. The number of hydrogen-bond acceptors (Lipinski definition) is 3. The number of carbonyl (C=O) groups excluding carboxylic acids is 2. The number of fused-ring (bicyclic) bond motifs is 1. The van der Waals surface area contributed by atoms with Gasteiger partial charge in [-0.3, -0.25) is 9.59 Å². The standard InChI is InChI=1S/C13H5BrF2N2O2/c14-10-2-1-3-11(17-10)18-12(19)6-4-8(15)9(16)5-7(6)13(18)20/h1-5H. The topological polar surface area (TPSA) is 50.3 Å². The van der Waals surface area contributed by atoms with E-state index in [0.29, 0.717) is 4.60 Å². The molecule has 2 amide bonds. The van der Waals surface area contributed by atoms with Crippen LogP contribution in [0.5, 0.6) is 0 Å². The number of aromatic nitrogens is 1. The molecule has 100 valence electrons. The number of halogens is 3. The monoisotopic (exact) mass is 338 g/mol. The second kappa shape index (κ2) is 4.45. The fraction of sp³-hybridized carbons (Fsp3) is 0. The second-order valence-corrected chi connectivity index (χ2v) is 4.89. The van der Waals surface area contributed by atoms with Gasteiger partial charge in [-0.15, -0.1) is 0 Å². The van der Waals surface area contributed by atoms with Gasteiger partial charge in [0.05, 0.1) is 11.1 Å². The maximum Gasteiger partial charge on any atom is 0.267 e. The Bertz CT molecular complexity index is 723. The largest absolute Gasteiger partial charge is 0.268 e. The highest BCUT2D eigenvalue weighted by molar-refractivity contribution is 9.10. The number of nitrogens with zero attached hydrogens (tertiary/aromatic N) is 2. The highest BCUT2D eigenvalue weighted by Gasteiger charge is 2.38. The van der Waals surface area contributed by atoms with Crippen LogP contribution < -0.4 is 4.90 Å². The molecule has 0 unspecified atom stereocenters. The van der Waals surface area contributed by atoms with Gasteiger partial charge in [-0.2, -0.15) is 0 Å². The Balaban J connectivity index is 2.14. The van der Waals surface area contributed by atoms with Gasteiger partial charge >= 0.3 is 0 Å². The molecule has 20 heavy (non-hydrogen) atoms. The third kappa shape index (κ3) is 1.82. The summed E-state index contributed by atoms with van der Waals surface area (Å²) >= 11 is 3.13. The Kier molecular flexibility index (Phi) is 2.86. The summed E-state index contributed by atoms with van der Waals surface area (Å²) in [7, 11) is 0. The molecule has 7 heteroatoms. The van der Waals surface area contributed by atoms with E-state index < -0.39 is 23.4 Å². The molecule has 2 aromatic rings. The molecule has 0 bridgehead atoms. The molecule has 1 aliphatic rings. The highest BCUT2D eigenvalue weighted by Crippen LogP contribution is 2.29. The lowest BCUT2D eigenvalue weighted by Crippen LogP contribution is -2.30. The third-order valence-corrected chi connectivity index (χ3v) is 3.30. The van der Waals surface area contributed by atoms with E-state index >= 15 is 0 Å². The molecule has 1 aromatic carbocycles. The van der Waals surface area contributed by atoms with Gasteiger partial charge in [-0.25, -0.2) is 18.7 Å².